The fraction of sp³-hybridized carbons (Fsp3) is 0.0354. The number of anilines is 3. The number of benzene rings is 18. The highest BCUT2D eigenvalue weighted by Gasteiger charge is 2.39. The molecule has 0 amide bonds. The second-order valence-corrected chi connectivity index (χ2v) is 31.5. The largest absolute Gasteiger partial charge is 0.453 e. The smallest absolute Gasteiger partial charge is 0.239 e. The van der Waals surface area contributed by atoms with Crippen molar-refractivity contribution in [1.82, 2.24) is 15.0 Å². The molecule has 0 bridgehead atoms. The van der Waals surface area contributed by atoms with Gasteiger partial charge in [-0.3, -0.25) is 4.90 Å². The summed E-state index contributed by atoms with van der Waals surface area (Å²) in [5, 5.41) is 9.62. The molecule has 19 aromatic rings. The van der Waals surface area contributed by atoms with Gasteiger partial charge in [0, 0.05) is 16.5 Å². The summed E-state index contributed by atoms with van der Waals surface area (Å²) in [6, 6.07) is 141. The van der Waals surface area contributed by atoms with Crippen molar-refractivity contribution in [2.24, 2.45) is 0 Å². The van der Waals surface area contributed by atoms with E-state index in [-0.39, 0.29) is 5.41 Å². The lowest BCUT2D eigenvalue weighted by molar-refractivity contribution is 0.476. The maximum atomic E-state index is 7.03. The van der Waals surface area contributed by atoms with E-state index in [1.165, 1.54) is 76.5 Å². The molecule has 2 aliphatic rings. The zero-order valence-electron chi connectivity index (χ0n) is 65.6. The summed E-state index contributed by atoms with van der Waals surface area (Å²) in [5.41, 5.74) is 29.5. The second-order valence-electron chi connectivity index (χ2n) is 31.5. The summed E-state index contributed by atoms with van der Waals surface area (Å²) in [4.78, 5) is 19.3. The van der Waals surface area contributed by atoms with E-state index in [9.17, 15) is 0 Å². The molecule has 0 saturated carbocycles. The number of aromatic nitrogens is 3. The summed E-state index contributed by atoms with van der Waals surface area (Å²) < 4.78 is 7.03. The normalized spacial score (nSPS) is 12.7. The van der Waals surface area contributed by atoms with Crippen LogP contribution in [0.25, 0.3) is 177 Å². The van der Waals surface area contributed by atoms with Crippen molar-refractivity contribution in [2.45, 2.75) is 26.2 Å². The molecule has 5 nitrogen and oxygen atoms in total. The molecular formula is C113H78N4O. The van der Waals surface area contributed by atoms with E-state index in [4.69, 9.17) is 26.3 Å². The summed E-state index contributed by atoms with van der Waals surface area (Å²) >= 11 is 0. The van der Waals surface area contributed by atoms with E-state index in [1.807, 2.05) is 12.1 Å². The maximum absolute atomic E-state index is 7.03. The van der Waals surface area contributed by atoms with Crippen LogP contribution < -0.4 is 9.64 Å². The Morgan fingerprint density at radius 3 is 1.18 bits per heavy atom. The molecule has 556 valence electrons. The van der Waals surface area contributed by atoms with Gasteiger partial charge in [0.25, 0.3) is 0 Å². The minimum Gasteiger partial charge on any atom is -0.453 e. The van der Waals surface area contributed by atoms with Crippen molar-refractivity contribution in [1.29, 1.82) is 0 Å². The average Bonchev–Trinajstić information content (AvgIpc) is 1.54. The lowest BCUT2D eigenvalue weighted by atomic mass is 9.82. The highest BCUT2D eigenvalue weighted by atomic mass is 16.5. The van der Waals surface area contributed by atoms with Crippen molar-refractivity contribution in [3.63, 3.8) is 0 Å². The van der Waals surface area contributed by atoms with E-state index >= 15 is 0 Å². The lowest BCUT2D eigenvalue weighted by Crippen LogP contribution is -2.21. The molecule has 18 aromatic carbocycles. The van der Waals surface area contributed by atoms with Gasteiger partial charge in [0.05, 0.1) is 11.4 Å². The fourth-order valence-corrected chi connectivity index (χ4v) is 18.0. The van der Waals surface area contributed by atoms with E-state index < -0.39 is 0 Å². The molecule has 21 rings (SSSR count). The van der Waals surface area contributed by atoms with Gasteiger partial charge in [-0.2, -0.15) is 9.97 Å². The van der Waals surface area contributed by atoms with Gasteiger partial charge in [0.15, 0.2) is 23.1 Å². The summed E-state index contributed by atoms with van der Waals surface area (Å²) in [7, 11) is 0. The van der Waals surface area contributed by atoms with Gasteiger partial charge < -0.3 is 4.74 Å². The van der Waals surface area contributed by atoms with Crippen molar-refractivity contribution < 1.29 is 4.74 Å². The van der Waals surface area contributed by atoms with Crippen LogP contribution in [-0.2, 0) is 5.41 Å². The van der Waals surface area contributed by atoms with Crippen LogP contribution in [-0.4, -0.2) is 15.0 Å². The molecule has 1 aliphatic heterocycles. The molecule has 0 atom stereocenters. The van der Waals surface area contributed by atoms with Crippen LogP contribution >= 0.6 is 0 Å². The van der Waals surface area contributed by atoms with Crippen LogP contribution in [0.3, 0.4) is 0 Å². The lowest BCUT2D eigenvalue weighted by Gasteiger charge is -2.33. The van der Waals surface area contributed by atoms with Gasteiger partial charge in [-0.25, -0.2) is 4.98 Å². The third kappa shape index (κ3) is 12.8. The van der Waals surface area contributed by atoms with Gasteiger partial charge in [0.2, 0.25) is 5.95 Å². The molecule has 1 aliphatic carbocycles. The number of hydrogen-bond acceptors (Lipinski definition) is 5. The molecule has 0 saturated heterocycles. The minimum atomic E-state index is -0.318. The van der Waals surface area contributed by atoms with Gasteiger partial charge in [-0.15, -0.1) is 0 Å². The number of nitrogens with zero attached hydrogens (tertiary/aromatic N) is 4. The van der Waals surface area contributed by atoms with Crippen LogP contribution in [0.2, 0.25) is 0 Å². The van der Waals surface area contributed by atoms with Crippen LogP contribution in [0.5, 0.6) is 11.5 Å². The van der Waals surface area contributed by atoms with Gasteiger partial charge in [-0.1, -0.05) is 330 Å². The molecule has 5 heteroatoms. The van der Waals surface area contributed by atoms with Gasteiger partial charge >= 0.3 is 0 Å². The third-order valence-electron chi connectivity index (χ3n) is 23.9. The SMILES string of the molecule is C=C(/C=C(\C=C/C)c1cccc2ccccc12)c1cc(-c2cccc(-c3nc(-c4cccc(-c5cc(-c6cccc(-c7cccc8ccccc78)c6)cc(-c6cccc(-c7cccc8ccccc78)c6)c5)c4)nc(N4c5ccccc5Oc5cc6c(cc54)C(C)(C)c4ccccc4-6)n3)c2)cc(-c2cccc(-c3cccc4ccccc34)c2)c1. The van der Waals surface area contributed by atoms with Crippen molar-refractivity contribution >= 4 is 71.6 Å². The maximum Gasteiger partial charge on any atom is 0.239 e. The second kappa shape index (κ2) is 29.3. The molecule has 0 N–H and O–H groups in total. The highest BCUT2D eigenvalue weighted by Crippen LogP contribution is 2.57. The molecule has 0 unspecified atom stereocenters. The Kier molecular flexibility index (Phi) is 17.6. The predicted molar refractivity (Wildman–Crippen MR) is 495 cm³/mol. The van der Waals surface area contributed by atoms with Crippen LogP contribution in [0.4, 0.5) is 17.3 Å². The molecule has 1 aromatic heterocycles. The van der Waals surface area contributed by atoms with Crippen LogP contribution in [0.1, 0.15) is 43.0 Å². The zero-order valence-corrected chi connectivity index (χ0v) is 65.6. The first-order valence-electron chi connectivity index (χ1n) is 40.5. The van der Waals surface area contributed by atoms with E-state index in [1.54, 1.807) is 0 Å². The predicted octanol–water partition coefficient (Wildman–Crippen LogP) is 30.7. The zero-order chi connectivity index (χ0) is 79.0. The van der Waals surface area contributed by atoms with Gasteiger partial charge in [0.1, 0.15) is 0 Å². The molecule has 118 heavy (non-hydrogen) atoms. The number of para-hydroxylation sites is 2. The number of allylic oxidation sites excluding steroid dienone is 5. The Morgan fingerprint density at radius 1 is 0.305 bits per heavy atom. The van der Waals surface area contributed by atoms with E-state index in [0.717, 1.165) is 123 Å². The first kappa shape index (κ1) is 70.7. The minimum absolute atomic E-state index is 0.318. The molecule has 2 heterocycles. The molecule has 0 fully saturated rings. The third-order valence-corrected chi connectivity index (χ3v) is 23.9. The number of hydrogen-bond donors (Lipinski definition) is 0. The first-order valence-corrected chi connectivity index (χ1v) is 40.5. The van der Waals surface area contributed by atoms with Crippen molar-refractivity contribution in [3.8, 4) is 134 Å². The van der Waals surface area contributed by atoms with Crippen LogP contribution in [0, 0.1) is 0 Å². The topological polar surface area (TPSA) is 51.1 Å². The number of ether oxygens (including phenoxy) is 1. The fourth-order valence-electron chi connectivity index (χ4n) is 18.0. The van der Waals surface area contributed by atoms with Gasteiger partial charge in [-0.05, 0) is 281 Å². The quantitative estimate of drug-likeness (QED) is 0.0958. The summed E-state index contributed by atoms with van der Waals surface area (Å²) in [6.45, 7) is 11.6. The average molecular weight is 1510 g/mol. The Bertz CT molecular complexity index is 7220. The Hall–Kier alpha value is -15.2. The molecular weight excluding hydrogens is 1430 g/mol. The Balaban J connectivity index is 0.741. The monoisotopic (exact) mass is 1510 g/mol. The van der Waals surface area contributed by atoms with Crippen molar-refractivity contribution in [3.05, 3.63) is 435 Å². The van der Waals surface area contributed by atoms with Crippen molar-refractivity contribution in [2.75, 3.05) is 4.90 Å². The summed E-state index contributed by atoms with van der Waals surface area (Å²) in [5.74, 6) is 2.87. The number of rotatable bonds is 15. The highest BCUT2D eigenvalue weighted by molar-refractivity contribution is 6.03. The summed E-state index contributed by atoms with van der Waals surface area (Å²) in [6.07, 6.45) is 6.54. The number of fused-ring (bicyclic) bond motifs is 9. The standard InChI is InChI=1S/C113H78N4O/c1-5-27-82(98-51-23-32-73-28-6-10-46-94(73)98)58-72(2)88-64-89(77-36-18-41-83(59-77)99-52-24-33-74-29-7-11-47-95(74)99)66-90(65-88)80-39-21-44-86(62-80)110-114-111(116-112(115-110)117-106-56-16-17-57-108(106)118-109-70-103-102-50-14-15-55-104(102)113(3,4)105(103)71-107(109)117)87-45-22-40-81(63-87)93-68-91(78-37-19-42-84(60-78)100-53-25-34-75-30-8-12-48-96(75)100)67-92(69-93)79-38-20-43-85(61-79)101-54-26-35-76-31-9-13-49-97(76)101/h5-71H,2H2,1,3-4H3/b27-5-,82-58+. The first-order chi connectivity index (χ1) is 58.0. The van der Waals surface area contributed by atoms with E-state index in [2.05, 4.69) is 420 Å². The molecule has 0 spiro atoms. The molecule has 0 radical (unpaired) electrons. The van der Waals surface area contributed by atoms with Crippen LogP contribution in [0.15, 0.2) is 413 Å². The van der Waals surface area contributed by atoms with E-state index in [0.29, 0.717) is 29.1 Å². The Labute approximate surface area is 687 Å². The Morgan fingerprint density at radius 2 is 0.678 bits per heavy atom.